The van der Waals surface area contributed by atoms with Crippen molar-refractivity contribution in [2.75, 3.05) is 0 Å². The Morgan fingerprint density at radius 3 is 3.07 bits per heavy atom. The largest absolute Gasteiger partial charge is 0.370 e. The molecule has 6 heteroatoms. The number of aromatic nitrogens is 3. The predicted molar refractivity (Wildman–Crippen MR) is 52.8 cm³/mol. The van der Waals surface area contributed by atoms with Crippen LogP contribution in [0.15, 0.2) is 6.20 Å². The summed E-state index contributed by atoms with van der Waals surface area (Å²) in [6.07, 6.45) is 4.73. The smallest absolute Gasteiger partial charge is 0.217 e. The summed E-state index contributed by atoms with van der Waals surface area (Å²) in [7, 11) is 0. The number of carbonyl (C=O) groups excluding carboxylic acids is 2. The lowest BCUT2D eigenvalue weighted by Crippen LogP contribution is -2.11. The third-order valence-electron chi connectivity index (χ3n) is 1.92. The van der Waals surface area contributed by atoms with Gasteiger partial charge in [-0.1, -0.05) is 5.21 Å². The van der Waals surface area contributed by atoms with E-state index < -0.39 is 0 Å². The molecule has 0 saturated carbocycles. The SMILES string of the molecule is NC(=O)CCc1cn(CCCC=O)nn1. The molecule has 1 aromatic heterocycles. The van der Waals surface area contributed by atoms with Crippen LogP contribution in [0.25, 0.3) is 0 Å². The highest BCUT2D eigenvalue weighted by Gasteiger charge is 2.02. The van der Waals surface area contributed by atoms with Gasteiger partial charge in [-0.25, -0.2) is 0 Å². The summed E-state index contributed by atoms with van der Waals surface area (Å²) in [5.41, 5.74) is 5.76. The first kappa shape index (κ1) is 11.4. The maximum absolute atomic E-state index is 10.5. The number of nitrogens with zero attached hydrogens (tertiary/aromatic N) is 3. The quantitative estimate of drug-likeness (QED) is 0.493. The van der Waals surface area contributed by atoms with Crippen LogP contribution in [0.4, 0.5) is 0 Å². The molecule has 1 heterocycles. The summed E-state index contributed by atoms with van der Waals surface area (Å²) in [6, 6.07) is 0. The number of unbranched alkanes of at least 4 members (excludes halogenated alkanes) is 1. The van der Waals surface area contributed by atoms with Gasteiger partial charge in [-0.15, -0.1) is 5.10 Å². The molecule has 2 N–H and O–H groups in total. The van der Waals surface area contributed by atoms with E-state index in [1.54, 1.807) is 10.9 Å². The van der Waals surface area contributed by atoms with Gasteiger partial charge in [0.1, 0.15) is 6.29 Å². The number of rotatable bonds is 7. The minimum atomic E-state index is -0.342. The molecule has 82 valence electrons. The molecule has 1 aromatic rings. The Hall–Kier alpha value is -1.72. The fourth-order valence-corrected chi connectivity index (χ4v) is 1.15. The Morgan fingerprint density at radius 2 is 2.40 bits per heavy atom. The molecule has 1 rings (SSSR count). The van der Waals surface area contributed by atoms with E-state index in [0.29, 0.717) is 19.4 Å². The Labute approximate surface area is 87.4 Å². The molecule has 1 amide bonds. The fourth-order valence-electron chi connectivity index (χ4n) is 1.15. The van der Waals surface area contributed by atoms with Gasteiger partial charge in [0.15, 0.2) is 0 Å². The van der Waals surface area contributed by atoms with Gasteiger partial charge in [0.05, 0.1) is 5.69 Å². The highest BCUT2D eigenvalue weighted by atomic mass is 16.1. The average molecular weight is 210 g/mol. The minimum Gasteiger partial charge on any atom is -0.370 e. The number of aryl methyl sites for hydroxylation is 2. The summed E-state index contributed by atoms with van der Waals surface area (Å²) in [6.45, 7) is 0.669. The van der Waals surface area contributed by atoms with Gasteiger partial charge < -0.3 is 10.5 Å². The van der Waals surface area contributed by atoms with Crippen molar-refractivity contribution >= 4 is 12.2 Å². The molecule has 0 aromatic carbocycles. The normalized spacial score (nSPS) is 10.1. The lowest BCUT2D eigenvalue weighted by molar-refractivity contribution is -0.118. The van der Waals surface area contributed by atoms with Crippen molar-refractivity contribution in [3.05, 3.63) is 11.9 Å². The number of primary amides is 1. The Bertz CT molecular complexity index is 335. The summed E-state index contributed by atoms with van der Waals surface area (Å²) < 4.78 is 1.67. The monoisotopic (exact) mass is 210 g/mol. The van der Waals surface area contributed by atoms with Crippen LogP contribution in [0.1, 0.15) is 25.0 Å². The molecule has 0 aliphatic carbocycles. The fraction of sp³-hybridized carbons (Fsp3) is 0.556. The number of amides is 1. The van der Waals surface area contributed by atoms with E-state index in [1.807, 2.05) is 0 Å². The Morgan fingerprint density at radius 1 is 1.60 bits per heavy atom. The van der Waals surface area contributed by atoms with Crippen LogP contribution >= 0.6 is 0 Å². The zero-order valence-corrected chi connectivity index (χ0v) is 8.43. The van der Waals surface area contributed by atoms with E-state index in [-0.39, 0.29) is 12.3 Å². The number of hydrogen-bond donors (Lipinski definition) is 1. The van der Waals surface area contributed by atoms with Gasteiger partial charge in [-0.2, -0.15) is 0 Å². The van der Waals surface area contributed by atoms with Crippen molar-refractivity contribution in [1.29, 1.82) is 0 Å². The lowest BCUT2D eigenvalue weighted by atomic mass is 10.2. The van der Waals surface area contributed by atoms with Crippen LogP contribution in [-0.2, 0) is 22.6 Å². The van der Waals surface area contributed by atoms with Gasteiger partial charge in [0, 0.05) is 32.0 Å². The van der Waals surface area contributed by atoms with Crippen LogP contribution in [0, 0.1) is 0 Å². The van der Waals surface area contributed by atoms with Crippen LogP contribution in [0.2, 0.25) is 0 Å². The second-order valence-electron chi connectivity index (χ2n) is 3.25. The third kappa shape index (κ3) is 4.35. The zero-order valence-electron chi connectivity index (χ0n) is 8.43. The maximum Gasteiger partial charge on any atom is 0.217 e. The molecule has 0 radical (unpaired) electrons. The van der Waals surface area contributed by atoms with Crippen molar-refractivity contribution in [2.24, 2.45) is 5.73 Å². The number of hydrogen-bond acceptors (Lipinski definition) is 4. The molecule has 0 aliphatic heterocycles. The number of nitrogens with two attached hydrogens (primary N) is 1. The third-order valence-corrected chi connectivity index (χ3v) is 1.92. The van der Waals surface area contributed by atoms with E-state index in [0.717, 1.165) is 18.4 Å². The van der Waals surface area contributed by atoms with Crippen LogP contribution in [0.3, 0.4) is 0 Å². The topological polar surface area (TPSA) is 90.9 Å². The molecule has 0 unspecified atom stereocenters. The molecule has 0 saturated heterocycles. The van der Waals surface area contributed by atoms with E-state index in [4.69, 9.17) is 5.73 Å². The number of aldehydes is 1. The van der Waals surface area contributed by atoms with Crippen molar-refractivity contribution in [3.8, 4) is 0 Å². The zero-order chi connectivity index (χ0) is 11.1. The van der Waals surface area contributed by atoms with Crippen LogP contribution in [0.5, 0.6) is 0 Å². The Balaban J connectivity index is 2.35. The van der Waals surface area contributed by atoms with Gasteiger partial charge in [-0.05, 0) is 6.42 Å². The van der Waals surface area contributed by atoms with Crippen LogP contribution in [-0.4, -0.2) is 27.2 Å². The lowest BCUT2D eigenvalue weighted by Gasteiger charge is -1.95. The van der Waals surface area contributed by atoms with Crippen molar-refractivity contribution in [2.45, 2.75) is 32.2 Å². The van der Waals surface area contributed by atoms with Crippen molar-refractivity contribution < 1.29 is 9.59 Å². The van der Waals surface area contributed by atoms with Crippen LogP contribution < -0.4 is 5.73 Å². The molecular formula is C9H14N4O2. The number of carbonyl (C=O) groups is 2. The van der Waals surface area contributed by atoms with Crippen molar-refractivity contribution in [1.82, 2.24) is 15.0 Å². The second-order valence-corrected chi connectivity index (χ2v) is 3.25. The summed E-state index contributed by atoms with van der Waals surface area (Å²) >= 11 is 0. The molecule has 0 bridgehead atoms. The molecule has 0 spiro atoms. The summed E-state index contributed by atoms with van der Waals surface area (Å²) in [5.74, 6) is -0.342. The maximum atomic E-state index is 10.5. The van der Waals surface area contributed by atoms with E-state index >= 15 is 0 Å². The second kappa shape index (κ2) is 5.90. The van der Waals surface area contributed by atoms with Gasteiger partial charge in [0.25, 0.3) is 0 Å². The molecule has 6 nitrogen and oxygen atoms in total. The summed E-state index contributed by atoms with van der Waals surface area (Å²) in [4.78, 5) is 20.6. The summed E-state index contributed by atoms with van der Waals surface area (Å²) in [5, 5.41) is 7.75. The molecular weight excluding hydrogens is 196 g/mol. The molecule has 15 heavy (non-hydrogen) atoms. The van der Waals surface area contributed by atoms with Gasteiger partial charge in [-0.3, -0.25) is 9.48 Å². The van der Waals surface area contributed by atoms with E-state index in [1.165, 1.54) is 0 Å². The van der Waals surface area contributed by atoms with Gasteiger partial charge >= 0.3 is 0 Å². The highest BCUT2D eigenvalue weighted by Crippen LogP contribution is 1.99. The molecule has 0 fully saturated rings. The molecule has 0 aliphatic rings. The first-order chi connectivity index (χ1) is 7.22. The van der Waals surface area contributed by atoms with Gasteiger partial charge in [0.2, 0.25) is 5.91 Å². The standard InChI is InChI=1S/C9H14N4O2/c10-9(15)4-3-8-7-13(12-11-8)5-1-2-6-14/h6-7H,1-5H2,(H2,10,15). The first-order valence-corrected chi connectivity index (χ1v) is 4.83. The minimum absolute atomic E-state index is 0.285. The van der Waals surface area contributed by atoms with Crippen molar-refractivity contribution in [3.63, 3.8) is 0 Å². The molecule has 0 atom stereocenters. The predicted octanol–water partition coefficient (Wildman–Crippen LogP) is -0.325. The van der Waals surface area contributed by atoms with E-state index in [2.05, 4.69) is 10.3 Å². The highest BCUT2D eigenvalue weighted by molar-refractivity contribution is 5.73. The average Bonchev–Trinajstić information content (AvgIpc) is 2.63. The first-order valence-electron chi connectivity index (χ1n) is 4.83. The Kier molecular flexibility index (Phi) is 4.46. The van der Waals surface area contributed by atoms with E-state index in [9.17, 15) is 9.59 Å².